The molecule has 0 aliphatic carbocycles. The van der Waals surface area contributed by atoms with E-state index < -0.39 is 0 Å². The van der Waals surface area contributed by atoms with Crippen LogP contribution in [0.2, 0.25) is 0 Å². The van der Waals surface area contributed by atoms with Gasteiger partial charge in [0.15, 0.2) is 0 Å². The number of ether oxygens (including phenoxy) is 1. The molecule has 0 spiro atoms. The normalized spacial score (nSPS) is 10.3. The summed E-state index contributed by atoms with van der Waals surface area (Å²) in [6.45, 7) is 11.6. The molecular formula is C11H21NO2. The smallest absolute Gasteiger partial charge is 0.333 e. The average molecular weight is 199 g/mol. The average Bonchev–Trinajstić information content (AvgIpc) is 2.09. The van der Waals surface area contributed by atoms with E-state index in [0.29, 0.717) is 24.6 Å². The molecule has 0 radical (unpaired) electrons. The highest BCUT2D eigenvalue weighted by atomic mass is 16.5. The Hall–Kier alpha value is -0.830. The molecule has 3 nitrogen and oxygen atoms in total. The van der Waals surface area contributed by atoms with Crippen molar-refractivity contribution in [3.8, 4) is 0 Å². The Morgan fingerprint density at radius 1 is 1.43 bits per heavy atom. The van der Waals surface area contributed by atoms with E-state index in [1.807, 2.05) is 0 Å². The molecule has 0 aromatic carbocycles. The summed E-state index contributed by atoms with van der Waals surface area (Å²) in [4.78, 5) is 10.9. The maximum atomic E-state index is 10.9. The Labute approximate surface area is 86.5 Å². The van der Waals surface area contributed by atoms with Gasteiger partial charge >= 0.3 is 5.97 Å². The van der Waals surface area contributed by atoms with Crippen molar-refractivity contribution in [2.45, 2.75) is 27.2 Å². The van der Waals surface area contributed by atoms with Gasteiger partial charge in [0.1, 0.15) is 6.61 Å². The number of rotatable bonds is 7. The fraction of sp³-hybridized carbons (Fsp3) is 0.727. The first-order chi connectivity index (χ1) is 6.54. The Morgan fingerprint density at radius 3 is 2.57 bits per heavy atom. The van der Waals surface area contributed by atoms with Gasteiger partial charge in [-0.15, -0.1) is 0 Å². The molecule has 0 amide bonds. The summed E-state index contributed by atoms with van der Waals surface area (Å²) in [6, 6.07) is 0. The lowest BCUT2D eigenvalue weighted by Crippen LogP contribution is -2.23. The molecule has 0 aliphatic heterocycles. The minimum atomic E-state index is -0.310. The van der Waals surface area contributed by atoms with Gasteiger partial charge in [0.2, 0.25) is 0 Å². The van der Waals surface area contributed by atoms with E-state index >= 15 is 0 Å². The van der Waals surface area contributed by atoms with Gasteiger partial charge in [-0.25, -0.2) is 4.79 Å². The number of carbonyl (C=O) groups is 1. The quantitative estimate of drug-likeness (QED) is 0.385. The van der Waals surface area contributed by atoms with Crippen LogP contribution < -0.4 is 5.32 Å². The van der Waals surface area contributed by atoms with Crippen LogP contribution in [0.4, 0.5) is 0 Å². The minimum absolute atomic E-state index is 0.310. The molecule has 0 aromatic heterocycles. The molecular weight excluding hydrogens is 178 g/mol. The molecule has 0 atom stereocenters. The highest BCUT2D eigenvalue weighted by Crippen LogP contribution is 1.96. The molecule has 0 aromatic rings. The van der Waals surface area contributed by atoms with Crippen molar-refractivity contribution in [2.75, 3.05) is 19.7 Å². The molecule has 82 valence electrons. The first-order valence-corrected chi connectivity index (χ1v) is 5.07. The molecule has 0 fully saturated rings. The first-order valence-electron chi connectivity index (χ1n) is 5.07. The van der Waals surface area contributed by atoms with Gasteiger partial charge in [-0.05, 0) is 25.8 Å². The van der Waals surface area contributed by atoms with E-state index in [0.717, 1.165) is 13.0 Å². The van der Waals surface area contributed by atoms with E-state index in [9.17, 15) is 4.79 Å². The molecule has 3 heteroatoms. The fourth-order valence-corrected chi connectivity index (χ4v) is 0.855. The Balaban J connectivity index is 3.22. The highest BCUT2D eigenvalue weighted by Gasteiger charge is 2.01. The standard InChI is InChI=1S/C11H21NO2/c1-9(2)5-6-12-7-8-14-11(13)10(3)4/h9,12H,3,5-8H2,1-2,4H3. The number of hydrogen-bond donors (Lipinski definition) is 1. The molecule has 0 aliphatic rings. The predicted molar refractivity (Wildman–Crippen MR) is 58.1 cm³/mol. The summed E-state index contributed by atoms with van der Waals surface area (Å²) in [6.07, 6.45) is 1.15. The number of esters is 1. The summed E-state index contributed by atoms with van der Waals surface area (Å²) >= 11 is 0. The molecule has 0 unspecified atom stereocenters. The molecule has 0 saturated carbocycles. The predicted octanol–water partition coefficient (Wildman–Crippen LogP) is 1.74. The van der Waals surface area contributed by atoms with Crippen LogP contribution in [0.15, 0.2) is 12.2 Å². The van der Waals surface area contributed by atoms with Crippen LogP contribution >= 0.6 is 0 Å². The van der Waals surface area contributed by atoms with Crippen molar-refractivity contribution >= 4 is 5.97 Å². The number of nitrogens with one attached hydrogen (secondary N) is 1. The number of carbonyl (C=O) groups excluding carboxylic acids is 1. The highest BCUT2D eigenvalue weighted by molar-refractivity contribution is 5.86. The second-order valence-electron chi connectivity index (χ2n) is 3.85. The fourth-order valence-electron chi connectivity index (χ4n) is 0.855. The van der Waals surface area contributed by atoms with Gasteiger partial charge in [0.05, 0.1) is 0 Å². The van der Waals surface area contributed by atoms with Crippen LogP contribution in [-0.2, 0) is 9.53 Å². The van der Waals surface area contributed by atoms with Crippen molar-refractivity contribution in [2.24, 2.45) is 5.92 Å². The van der Waals surface area contributed by atoms with Crippen molar-refractivity contribution in [3.05, 3.63) is 12.2 Å². The van der Waals surface area contributed by atoms with Gasteiger partial charge in [0.25, 0.3) is 0 Å². The van der Waals surface area contributed by atoms with Gasteiger partial charge < -0.3 is 10.1 Å². The molecule has 1 N–H and O–H groups in total. The van der Waals surface area contributed by atoms with Crippen LogP contribution in [0, 0.1) is 5.92 Å². The van der Waals surface area contributed by atoms with Crippen molar-refractivity contribution in [3.63, 3.8) is 0 Å². The first kappa shape index (κ1) is 13.2. The molecule has 0 heterocycles. The van der Waals surface area contributed by atoms with Crippen molar-refractivity contribution < 1.29 is 9.53 Å². The van der Waals surface area contributed by atoms with E-state index in [1.54, 1.807) is 6.92 Å². The van der Waals surface area contributed by atoms with E-state index in [2.05, 4.69) is 25.7 Å². The summed E-state index contributed by atoms with van der Waals surface area (Å²) in [5.74, 6) is 0.399. The van der Waals surface area contributed by atoms with Crippen LogP contribution in [0.25, 0.3) is 0 Å². The topological polar surface area (TPSA) is 38.3 Å². The number of hydrogen-bond acceptors (Lipinski definition) is 3. The Morgan fingerprint density at radius 2 is 2.07 bits per heavy atom. The van der Waals surface area contributed by atoms with Crippen molar-refractivity contribution in [1.29, 1.82) is 0 Å². The molecule has 0 saturated heterocycles. The maximum absolute atomic E-state index is 10.9. The van der Waals surface area contributed by atoms with Gasteiger partial charge in [-0.3, -0.25) is 0 Å². The van der Waals surface area contributed by atoms with Gasteiger partial charge in [0, 0.05) is 12.1 Å². The zero-order valence-corrected chi connectivity index (χ0v) is 9.43. The summed E-state index contributed by atoms with van der Waals surface area (Å²) in [5.41, 5.74) is 0.451. The Kier molecular flexibility index (Phi) is 7.11. The van der Waals surface area contributed by atoms with Crippen LogP contribution in [0.3, 0.4) is 0 Å². The monoisotopic (exact) mass is 199 g/mol. The third-order valence-electron chi connectivity index (χ3n) is 1.76. The van der Waals surface area contributed by atoms with Crippen LogP contribution in [0.5, 0.6) is 0 Å². The van der Waals surface area contributed by atoms with E-state index in [1.165, 1.54) is 0 Å². The zero-order valence-electron chi connectivity index (χ0n) is 9.43. The maximum Gasteiger partial charge on any atom is 0.333 e. The van der Waals surface area contributed by atoms with Crippen LogP contribution in [-0.4, -0.2) is 25.7 Å². The minimum Gasteiger partial charge on any atom is -0.461 e. The van der Waals surface area contributed by atoms with E-state index in [4.69, 9.17) is 4.74 Å². The summed E-state index contributed by atoms with van der Waals surface area (Å²) in [5, 5.41) is 3.20. The second kappa shape index (κ2) is 7.56. The lowest BCUT2D eigenvalue weighted by atomic mass is 10.1. The van der Waals surface area contributed by atoms with Gasteiger partial charge in [-0.2, -0.15) is 0 Å². The summed E-state index contributed by atoms with van der Waals surface area (Å²) < 4.78 is 4.91. The van der Waals surface area contributed by atoms with Gasteiger partial charge in [-0.1, -0.05) is 20.4 Å². The van der Waals surface area contributed by atoms with Crippen LogP contribution in [0.1, 0.15) is 27.2 Å². The largest absolute Gasteiger partial charge is 0.461 e. The molecule has 14 heavy (non-hydrogen) atoms. The SMILES string of the molecule is C=C(C)C(=O)OCCNCCC(C)C. The lowest BCUT2D eigenvalue weighted by molar-refractivity contribution is -0.138. The summed E-state index contributed by atoms with van der Waals surface area (Å²) in [7, 11) is 0. The lowest BCUT2D eigenvalue weighted by Gasteiger charge is -2.07. The van der Waals surface area contributed by atoms with Crippen molar-refractivity contribution in [1.82, 2.24) is 5.32 Å². The third kappa shape index (κ3) is 7.80. The molecule has 0 rings (SSSR count). The zero-order chi connectivity index (χ0) is 11.0. The Bertz CT molecular complexity index is 188. The van der Waals surface area contributed by atoms with E-state index in [-0.39, 0.29) is 5.97 Å². The molecule has 0 bridgehead atoms. The second-order valence-corrected chi connectivity index (χ2v) is 3.85. The third-order valence-corrected chi connectivity index (χ3v) is 1.76.